The zero-order valence-electron chi connectivity index (χ0n) is 10.2. The van der Waals surface area contributed by atoms with E-state index in [9.17, 15) is 4.79 Å². The predicted molar refractivity (Wildman–Crippen MR) is 65.4 cm³/mol. The quantitative estimate of drug-likeness (QED) is 0.799. The van der Waals surface area contributed by atoms with E-state index in [1.807, 2.05) is 6.92 Å². The van der Waals surface area contributed by atoms with Crippen LogP contribution in [0.5, 0.6) is 11.5 Å². The molecule has 0 radical (unpaired) electrons. The van der Waals surface area contributed by atoms with Gasteiger partial charge in [-0.05, 0) is 19.1 Å². The molecule has 0 atom stereocenters. The number of carbonyl (C=O) groups excluding carboxylic acids is 1. The van der Waals surface area contributed by atoms with Gasteiger partial charge in [0.2, 0.25) is 0 Å². The number of terminal acetylenes is 1. The average molecular weight is 233 g/mol. The van der Waals surface area contributed by atoms with E-state index in [0.29, 0.717) is 17.1 Å². The van der Waals surface area contributed by atoms with E-state index in [4.69, 9.17) is 15.9 Å². The van der Waals surface area contributed by atoms with Crippen molar-refractivity contribution in [3.05, 3.63) is 23.3 Å². The maximum atomic E-state index is 11.7. The first-order valence-corrected chi connectivity index (χ1v) is 5.08. The van der Waals surface area contributed by atoms with Crippen molar-refractivity contribution in [3.63, 3.8) is 0 Å². The molecule has 0 saturated heterocycles. The number of ether oxygens (including phenoxy) is 2. The summed E-state index contributed by atoms with van der Waals surface area (Å²) in [4.78, 5) is 11.7. The Morgan fingerprint density at radius 1 is 1.35 bits per heavy atom. The molecule has 0 unspecified atom stereocenters. The summed E-state index contributed by atoms with van der Waals surface area (Å²) in [6.45, 7) is 2.05. The highest BCUT2D eigenvalue weighted by molar-refractivity contribution is 5.95. The summed E-state index contributed by atoms with van der Waals surface area (Å²) in [5.74, 6) is 3.31. The van der Waals surface area contributed by atoms with Gasteiger partial charge < -0.3 is 14.8 Å². The van der Waals surface area contributed by atoms with Crippen LogP contribution in [0.2, 0.25) is 0 Å². The lowest BCUT2D eigenvalue weighted by Crippen LogP contribution is -2.23. The van der Waals surface area contributed by atoms with Crippen LogP contribution in [0.1, 0.15) is 15.9 Å². The summed E-state index contributed by atoms with van der Waals surface area (Å²) < 4.78 is 10.4. The van der Waals surface area contributed by atoms with Gasteiger partial charge in [0, 0.05) is 11.1 Å². The van der Waals surface area contributed by atoms with Gasteiger partial charge in [-0.1, -0.05) is 5.92 Å². The Labute approximate surface area is 101 Å². The fourth-order valence-electron chi connectivity index (χ4n) is 1.45. The van der Waals surface area contributed by atoms with Gasteiger partial charge in [0.1, 0.15) is 11.5 Å². The van der Waals surface area contributed by atoms with Gasteiger partial charge >= 0.3 is 0 Å². The third-order valence-corrected chi connectivity index (χ3v) is 2.37. The Morgan fingerprint density at radius 3 is 2.29 bits per heavy atom. The van der Waals surface area contributed by atoms with E-state index < -0.39 is 0 Å². The summed E-state index contributed by atoms with van der Waals surface area (Å²) in [6, 6.07) is 3.31. The van der Waals surface area contributed by atoms with Gasteiger partial charge in [0.05, 0.1) is 20.8 Å². The normalized spacial score (nSPS) is 9.29. The number of rotatable bonds is 4. The molecule has 0 aliphatic carbocycles. The molecule has 1 amide bonds. The van der Waals surface area contributed by atoms with Gasteiger partial charge in [-0.25, -0.2) is 0 Å². The van der Waals surface area contributed by atoms with Crippen LogP contribution in [0.25, 0.3) is 0 Å². The SMILES string of the molecule is C#CCNC(=O)c1cc(OC)c(C)c(OC)c1. The molecule has 0 spiro atoms. The number of amides is 1. The van der Waals surface area contributed by atoms with E-state index in [-0.39, 0.29) is 12.5 Å². The van der Waals surface area contributed by atoms with E-state index in [1.54, 1.807) is 26.4 Å². The van der Waals surface area contributed by atoms with Crippen LogP contribution in [0.4, 0.5) is 0 Å². The second kappa shape index (κ2) is 5.80. The lowest BCUT2D eigenvalue weighted by atomic mass is 10.1. The van der Waals surface area contributed by atoms with E-state index in [0.717, 1.165) is 5.56 Å². The topological polar surface area (TPSA) is 47.6 Å². The van der Waals surface area contributed by atoms with Crippen LogP contribution in [-0.4, -0.2) is 26.7 Å². The average Bonchev–Trinajstić information content (AvgIpc) is 2.36. The van der Waals surface area contributed by atoms with Crippen LogP contribution in [0.3, 0.4) is 0 Å². The molecule has 0 fully saturated rings. The third-order valence-electron chi connectivity index (χ3n) is 2.37. The van der Waals surface area contributed by atoms with Crippen molar-refractivity contribution in [3.8, 4) is 23.8 Å². The standard InChI is InChI=1S/C13H15NO3/c1-5-6-14-13(15)10-7-11(16-3)9(2)12(8-10)17-4/h1,7-8H,6H2,2-4H3,(H,14,15). The minimum atomic E-state index is -0.250. The Kier molecular flexibility index (Phi) is 4.41. The molecule has 0 heterocycles. The molecule has 0 saturated carbocycles. The number of benzene rings is 1. The van der Waals surface area contributed by atoms with Gasteiger partial charge in [-0.15, -0.1) is 6.42 Å². The molecular weight excluding hydrogens is 218 g/mol. The predicted octanol–water partition coefficient (Wildman–Crippen LogP) is 1.38. The highest BCUT2D eigenvalue weighted by atomic mass is 16.5. The monoisotopic (exact) mass is 233 g/mol. The first-order valence-electron chi connectivity index (χ1n) is 5.08. The number of nitrogens with one attached hydrogen (secondary N) is 1. The molecule has 4 heteroatoms. The Hall–Kier alpha value is -2.15. The molecule has 0 aliphatic heterocycles. The van der Waals surface area contributed by atoms with Gasteiger partial charge in [0.25, 0.3) is 5.91 Å². The molecule has 1 N–H and O–H groups in total. The van der Waals surface area contributed by atoms with Crippen LogP contribution in [-0.2, 0) is 0 Å². The minimum Gasteiger partial charge on any atom is -0.496 e. The third kappa shape index (κ3) is 2.91. The lowest BCUT2D eigenvalue weighted by molar-refractivity contribution is 0.0958. The zero-order valence-corrected chi connectivity index (χ0v) is 10.2. The number of hydrogen-bond donors (Lipinski definition) is 1. The van der Waals surface area contributed by atoms with Crippen molar-refractivity contribution in [2.45, 2.75) is 6.92 Å². The second-order valence-electron chi connectivity index (χ2n) is 3.39. The molecule has 1 rings (SSSR count). The summed E-state index contributed by atoms with van der Waals surface area (Å²) in [5.41, 5.74) is 1.31. The van der Waals surface area contributed by atoms with Gasteiger partial charge in [-0.2, -0.15) is 0 Å². The van der Waals surface area contributed by atoms with Crippen molar-refractivity contribution in [2.75, 3.05) is 20.8 Å². The van der Waals surface area contributed by atoms with E-state index in [2.05, 4.69) is 11.2 Å². The van der Waals surface area contributed by atoms with Crippen LogP contribution < -0.4 is 14.8 Å². The van der Waals surface area contributed by atoms with Crippen LogP contribution >= 0.6 is 0 Å². The van der Waals surface area contributed by atoms with Crippen LogP contribution in [0, 0.1) is 19.3 Å². The largest absolute Gasteiger partial charge is 0.496 e. The number of hydrogen-bond acceptors (Lipinski definition) is 3. The molecule has 90 valence electrons. The van der Waals surface area contributed by atoms with Crippen LogP contribution in [0.15, 0.2) is 12.1 Å². The second-order valence-corrected chi connectivity index (χ2v) is 3.39. The van der Waals surface area contributed by atoms with E-state index >= 15 is 0 Å². The lowest BCUT2D eigenvalue weighted by Gasteiger charge is -2.12. The maximum absolute atomic E-state index is 11.7. The smallest absolute Gasteiger partial charge is 0.252 e. The minimum absolute atomic E-state index is 0.192. The van der Waals surface area contributed by atoms with Crippen molar-refractivity contribution >= 4 is 5.91 Å². The van der Waals surface area contributed by atoms with Gasteiger partial charge in [-0.3, -0.25) is 4.79 Å². The summed E-state index contributed by atoms with van der Waals surface area (Å²) in [5, 5.41) is 2.58. The molecule has 0 aliphatic rings. The highest BCUT2D eigenvalue weighted by Gasteiger charge is 2.12. The Balaban J connectivity index is 3.09. The van der Waals surface area contributed by atoms with Gasteiger partial charge in [0.15, 0.2) is 0 Å². The molecule has 1 aromatic rings. The fourth-order valence-corrected chi connectivity index (χ4v) is 1.45. The fraction of sp³-hybridized carbons (Fsp3) is 0.308. The Bertz CT molecular complexity index is 435. The number of carbonyl (C=O) groups is 1. The molecule has 0 aromatic heterocycles. The first kappa shape index (κ1) is 12.9. The molecular formula is C13H15NO3. The van der Waals surface area contributed by atoms with Crippen molar-refractivity contribution in [1.82, 2.24) is 5.32 Å². The molecule has 4 nitrogen and oxygen atoms in total. The Morgan fingerprint density at radius 2 is 1.88 bits per heavy atom. The summed E-state index contributed by atoms with van der Waals surface area (Å²) >= 11 is 0. The molecule has 1 aromatic carbocycles. The maximum Gasteiger partial charge on any atom is 0.252 e. The van der Waals surface area contributed by atoms with Crippen molar-refractivity contribution in [1.29, 1.82) is 0 Å². The summed E-state index contributed by atoms with van der Waals surface area (Å²) in [6.07, 6.45) is 5.08. The van der Waals surface area contributed by atoms with Crippen molar-refractivity contribution in [2.24, 2.45) is 0 Å². The zero-order chi connectivity index (χ0) is 12.8. The highest BCUT2D eigenvalue weighted by Crippen LogP contribution is 2.29. The molecule has 0 bridgehead atoms. The first-order chi connectivity index (χ1) is 8.13. The number of methoxy groups -OCH3 is 2. The molecule has 17 heavy (non-hydrogen) atoms. The van der Waals surface area contributed by atoms with Crippen molar-refractivity contribution < 1.29 is 14.3 Å². The van der Waals surface area contributed by atoms with E-state index in [1.165, 1.54) is 0 Å². The summed E-state index contributed by atoms with van der Waals surface area (Å²) in [7, 11) is 3.09.